The second kappa shape index (κ2) is 6.33. The Balaban J connectivity index is 0.00000144. The van der Waals surface area contributed by atoms with Gasteiger partial charge in [-0.2, -0.15) is 17.0 Å². The van der Waals surface area contributed by atoms with Crippen LogP contribution in [0.25, 0.3) is 0 Å². The lowest BCUT2D eigenvalue weighted by Crippen LogP contribution is -2.55. The molecule has 17 heavy (non-hydrogen) atoms. The van der Waals surface area contributed by atoms with Crippen molar-refractivity contribution in [3.63, 3.8) is 0 Å². The van der Waals surface area contributed by atoms with E-state index < -0.39 is 10.2 Å². The highest BCUT2D eigenvalue weighted by Crippen LogP contribution is 2.17. The zero-order valence-electron chi connectivity index (χ0n) is 10.3. The predicted molar refractivity (Wildman–Crippen MR) is 70.6 cm³/mol. The molecule has 7 heteroatoms. The average Bonchev–Trinajstić information content (AvgIpc) is 2.30. The number of piperazine rings is 1. The highest BCUT2D eigenvalue weighted by atomic mass is 35.5. The Morgan fingerprint density at radius 1 is 1.06 bits per heavy atom. The van der Waals surface area contributed by atoms with Crippen LogP contribution >= 0.6 is 12.4 Å². The third-order valence-electron chi connectivity index (χ3n) is 3.30. The lowest BCUT2D eigenvalue weighted by molar-refractivity contribution is 0.266. The molecule has 2 aliphatic rings. The van der Waals surface area contributed by atoms with Crippen molar-refractivity contribution in [1.29, 1.82) is 0 Å². The van der Waals surface area contributed by atoms with Gasteiger partial charge in [0.1, 0.15) is 0 Å². The third kappa shape index (κ3) is 3.54. The van der Waals surface area contributed by atoms with E-state index in [-0.39, 0.29) is 18.4 Å². The van der Waals surface area contributed by atoms with E-state index in [1.807, 2.05) is 6.92 Å². The summed E-state index contributed by atoms with van der Waals surface area (Å²) in [5.41, 5.74) is 0. The van der Waals surface area contributed by atoms with E-state index in [1.165, 1.54) is 0 Å². The van der Waals surface area contributed by atoms with Crippen LogP contribution in [-0.4, -0.2) is 55.8 Å². The maximum atomic E-state index is 12.3. The molecule has 0 unspecified atom stereocenters. The first kappa shape index (κ1) is 15.2. The first-order valence-electron chi connectivity index (χ1n) is 6.09. The van der Waals surface area contributed by atoms with Gasteiger partial charge >= 0.3 is 0 Å². The van der Waals surface area contributed by atoms with E-state index >= 15 is 0 Å². The summed E-state index contributed by atoms with van der Waals surface area (Å²) in [4.78, 5) is 0. The minimum atomic E-state index is -3.19. The maximum absolute atomic E-state index is 12.3. The molecule has 5 nitrogen and oxygen atoms in total. The average molecular weight is 284 g/mol. The minimum absolute atomic E-state index is 0. The Kier molecular flexibility index (Phi) is 5.66. The summed E-state index contributed by atoms with van der Waals surface area (Å²) in [7, 11) is -3.19. The van der Waals surface area contributed by atoms with Crippen molar-refractivity contribution >= 4 is 22.6 Å². The summed E-state index contributed by atoms with van der Waals surface area (Å²) in [6.45, 7) is 5.37. The standard InChI is InChI=1S/C10H21N3O2S.ClH/c1-10-9-13(8-5-11-10)16(14,15)12-6-3-2-4-7-12;/h10-11H,2-9H2,1H3;1H/t10-;/m1./s1. The van der Waals surface area contributed by atoms with Crippen molar-refractivity contribution in [3.05, 3.63) is 0 Å². The molecule has 0 bridgehead atoms. The van der Waals surface area contributed by atoms with Gasteiger partial charge in [0.25, 0.3) is 10.2 Å². The summed E-state index contributed by atoms with van der Waals surface area (Å²) in [5, 5.41) is 3.26. The van der Waals surface area contributed by atoms with Gasteiger partial charge < -0.3 is 5.32 Å². The van der Waals surface area contributed by atoms with Crippen molar-refractivity contribution in [1.82, 2.24) is 13.9 Å². The quantitative estimate of drug-likeness (QED) is 0.800. The smallest absolute Gasteiger partial charge is 0.282 e. The van der Waals surface area contributed by atoms with Crippen molar-refractivity contribution < 1.29 is 8.42 Å². The highest BCUT2D eigenvalue weighted by molar-refractivity contribution is 7.86. The van der Waals surface area contributed by atoms with Crippen LogP contribution in [-0.2, 0) is 10.2 Å². The summed E-state index contributed by atoms with van der Waals surface area (Å²) in [5.74, 6) is 0. The minimum Gasteiger partial charge on any atom is -0.312 e. The van der Waals surface area contributed by atoms with Gasteiger partial charge in [0.05, 0.1) is 0 Å². The molecule has 2 fully saturated rings. The molecule has 0 aliphatic carbocycles. The molecule has 2 saturated heterocycles. The monoisotopic (exact) mass is 283 g/mol. The number of nitrogens with zero attached hydrogens (tertiary/aromatic N) is 2. The van der Waals surface area contributed by atoms with Gasteiger partial charge in [0.2, 0.25) is 0 Å². The first-order valence-corrected chi connectivity index (χ1v) is 7.49. The van der Waals surface area contributed by atoms with Crippen molar-refractivity contribution in [2.45, 2.75) is 32.2 Å². The molecule has 0 saturated carbocycles. The summed E-state index contributed by atoms with van der Waals surface area (Å²) in [6.07, 6.45) is 3.16. The van der Waals surface area contributed by atoms with Crippen LogP contribution in [0.4, 0.5) is 0 Å². The second-order valence-corrected chi connectivity index (χ2v) is 6.61. The van der Waals surface area contributed by atoms with Crippen LogP contribution < -0.4 is 5.32 Å². The Labute approximate surface area is 110 Å². The topological polar surface area (TPSA) is 52.7 Å². The van der Waals surface area contributed by atoms with E-state index in [0.717, 1.165) is 25.8 Å². The van der Waals surface area contributed by atoms with E-state index in [4.69, 9.17) is 0 Å². The fourth-order valence-electron chi connectivity index (χ4n) is 2.37. The van der Waals surface area contributed by atoms with Gasteiger partial charge in [-0.15, -0.1) is 12.4 Å². The Hall–Kier alpha value is 0.120. The SMILES string of the molecule is C[C@@H]1CN(S(=O)(=O)N2CCCCC2)CCN1.Cl. The maximum Gasteiger partial charge on any atom is 0.282 e. The predicted octanol–water partition coefficient (Wildman–Crippen LogP) is 0.433. The molecule has 1 N–H and O–H groups in total. The van der Waals surface area contributed by atoms with Crippen LogP contribution in [0.15, 0.2) is 0 Å². The molecule has 1 atom stereocenters. The fraction of sp³-hybridized carbons (Fsp3) is 1.00. The number of rotatable bonds is 2. The van der Waals surface area contributed by atoms with Crippen molar-refractivity contribution in [3.8, 4) is 0 Å². The normalized spacial score (nSPS) is 28.6. The molecular formula is C10H22ClN3O2S. The molecule has 0 aromatic carbocycles. The summed E-state index contributed by atoms with van der Waals surface area (Å²) >= 11 is 0. The van der Waals surface area contributed by atoms with Crippen molar-refractivity contribution in [2.75, 3.05) is 32.7 Å². The van der Waals surface area contributed by atoms with E-state index in [1.54, 1.807) is 8.61 Å². The van der Waals surface area contributed by atoms with Gasteiger partial charge in [-0.3, -0.25) is 0 Å². The van der Waals surface area contributed by atoms with Gasteiger partial charge in [-0.1, -0.05) is 6.42 Å². The number of hydrogen-bond donors (Lipinski definition) is 1. The van der Waals surface area contributed by atoms with Gasteiger partial charge in [0, 0.05) is 38.8 Å². The molecule has 2 aliphatic heterocycles. The Morgan fingerprint density at radius 3 is 2.29 bits per heavy atom. The van der Waals surface area contributed by atoms with Gasteiger partial charge in [-0.25, -0.2) is 0 Å². The fourth-order valence-corrected chi connectivity index (χ4v) is 4.15. The van der Waals surface area contributed by atoms with E-state index in [2.05, 4.69) is 5.32 Å². The summed E-state index contributed by atoms with van der Waals surface area (Å²) < 4.78 is 27.9. The number of nitrogens with one attached hydrogen (secondary N) is 1. The van der Waals surface area contributed by atoms with E-state index in [9.17, 15) is 8.42 Å². The molecule has 0 aromatic rings. The van der Waals surface area contributed by atoms with Crippen molar-refractivity contribution in [2.24, 2.45) is 0 Å². The van der Waals surface area contributed by atoms with Crippen LogP contribution in [0.1, 0.15) is 26.2 Å². The first-order chi connectivity index (χ1) is 7.60. The third-order valence-corrected chi connectivity index (χ3v) is 5.30. The lowest BCUT2D eigenvalue weighted by Gasteiger charge is -2.36. The molecule has 0 radical (unpaired) electrons. The Bertz CT molecular complexity index is 330. The lowest BCUT2D eigenvalue weighted by atomic mass is 10.2. The van der Waals surface area contributed by atoms with Crippen LogP contribution in [0.2, 0.25) is 0 Å². The number of halogens is 1. The van der Waals surface area contributed by atoms with Crippen LogP contribution in [0.5, 0.6) is 0 Å². The second-order valence-electron chi connectivity index (χ2n) is 4.68. The highest BCUT2D eigenvalue weighted by Gasteiger charge is 2.32. The molecule has 102 valence electrons. The van der Waals surface area contributed by atoms with E-state index in [0.29, 0.717) is 26.2 Å². The van der Waals surface area contributed by atoms with Crippen LogP contribution in [0, 0.1) is 0 Å². The molecule has 0 amide bonds. The van der Waals surface area contributed by atoms with Gasteiger partial charge in [0.15, 0.2) is 0 Å². The number of hydrogen-bond acceptors (Lipinski definition) is 3. The molecular weight excluding hydrogens is 262 g/mol. The molecule has 2 heterocycles. The molecule has 0 spiro atoms. The zero-order valence-corrected chi connectivity index (χ0v) is 11.9. The molecule has 2 rings (SSSR count). The molecule has 0 aromatic heterocycles. The number of piperidine rings is 1. The van der Waals surface area contributed by atoms with Gasteiger partial charge in [-0.05, 0) is 19.8 Å². The van der Waals surface area contributed by atoms with Crippen LogP contribution in [0.3, 0.4) is 0 Å². The largest absolute Gasteiger partial charge is 0.312 e. The zero-order chi connectivity index (χ0) is 11.6. The summed E-state index contributed by atoms with van der Waals surface area (Å²) in [6, 6.07) is 0.258. The Morgan fingerprint density at radius 2 is 1.71 bits per heavy atom.